The number of aromatic nitrogens is 3. The number of pyridine rings is 1. The molecule has 3 rings (SSSR count). The second-order valence-electron chi connectivity index (χ2n) is 5.77. The normalized spacial score (nSPS) is 14.6. The number of anilines is 1. The number of rotatable bonds is 2. The number of ether oxygens (including phenoxy) is 1. The highest BCUT2D eigenvalue weighted by Gasteiger charge is 2.24. The standard InChI is InChI=1S/C17H21N5O2/c1-12-13(2)19-15(14-5-4-6-18-11-14)20-16(12)21-7-9-22(10-8-21)17(23)24-3/h4-6,11H,7-10H2,1-3H3. The molecule has 7 nitrogen and oxygen atoms in total. The van der Waals surface area contributed by atoms with Crippen molar-refractivity contribution in [3.8, 4) is 11.4 Å². The molecule has 1 saturated heterocycles. The van der Waals surface area contributed by atoms with Crippen LogP contribution in [-0.4, -0.2) is 59.2 Å². The minimum Gasteiger partial charge on any atom is -0.453 e. The van der Waals surface area contributed by atoms with E-state index in [0.29, 0.717) is 18.9 Å². The van der Waals surface area contributed by atoms with Gasteiger partial charge in [-0.25, -0.2) is 14.8 Å². The lowest BCUT2D eigenvalue weighted by Crippen LogP contribution is -2.49. The highest BCUT2D eigenvalue weighted by atomic mass is 16.5. The first kappa shape index (κ1) is 16.2. The highest BCUT2D eigenvalue weighted by molar-refractivity contribution is 5.68. The Hall–Kier alpha value is -2.70. The van der Waals surface area contributed by atoms with Gasteiger partial charge in [-0.15, -0.1) is 0 Å². The van der Waals surface area contributed by atoms with Crippen molar-refractivity contribution in [2.24, 2.45) is 0 Å². The number of aryl methyl sites for hydroxylation is 1. The Morgan fingerprint density at radius 2 is 1.92 bits per heavy atom. The van der Waals surface area contributed by atoms with E-state index in [4.69, 9.17) is 9.72 Å². The summed E-state index contributed by atoms with van der Waals surface area (Å²) in [6.45, 7) is 6.71. The van der Waals surface area contributed by atoms with E-state index in [0.717, 1.165) is 35.7 Å². The molecule has 1 amide bonds. The number of carbonyl (C=O) groups excluding carboxylic acids is 1. The molecule has 0 unspecified atom stereocenters. The second kappa shape index (κ2) is 6.82. The third-order valence-corrected chi connectivity index (χ3v) is 4.30. The summed E-state index contributed by atoms with van der Waals surface area (Å²) in [6, 6.07) is 3.83. The molecule has 1 fully saturated rings. The smallest absolute Gasteiger partial charge is 0.409 e. The van der Waals surface area contributed by atoms with Crippen molar-refractivity contribution in [1.82, 2.24) is 19.9 Å². The number of nitrogens with zero attached hydrogens (tertiary/aromatic N) is 5. The Balaban J connectivity index is 1.86. The lowest BCUT2D eigenvalue weighted by atomic mass is 10.2. The van der Waals surface area contributed by atoms with Crippen LogP contribution in [0.1, 0.15) is 11.3 Å². The lowest BCUT2D eigenvalue weighted by Gasteiger charge is -2.35. The third-order valence-electron chi connectivity index (χ3n) is 4.30. The molecule has 0 atom stereocenters. The second-order valence-corrected chi connectivity index (χ2v) is 5.77. The summed E-state index contributed by atoms with van der Waals surface area (Å²) < 4.78 is 4.79. The van der Waals surface area contributed by atoms with E-state index in [9.17, 15) is 4.79 Å². The van der Waals surface area contributed by atoms with E-state index in [2.05, 4.69) is 14.9 Å². The van der Waals surface area contributed by atoms with Crippen LogP contribution >= 0.6 is 0 Å². The van der Waals surface area contributed by atoms with Crippen LogP contribution in [0.15, 0.2) is 24.5 Å². The first-order valence-electron chi connectivity index (χ1n) is 7.93. The van der Waals surface area contributed by atoms with Gasteiger partial charge < -0.3 is 14.5 Å². The predicted octanol–water partition coefficient (Wildman–Crippen LogP) is 2.04. The van der Waals surface area contributed by atoms with Crippen molar-refractivity contribution in [3.05, 3.63) is 35.8 Å². The van der Waals surface area contributed by atoms with E-state index in [1.807, 2.05) is 26.0 Å². The molecule has 0 spiro atoms. The molecule has 126 valence electrons. The molecule has 0 aliphatic carbocycles. The van der Waals surface area contributed by atoms with Crippen molar-refractivity contribution < 1.29 is 9.53 Å². The van der Waals surface area contributed by atoms with Gasteiger partial charge in [0.25, 0.3) is 0 Å². The van der Waals surface area contributed by atoms with Gasteiger partial charge in [0.15, 0.2) is 5.82 Å². The number of methoxy groups -OCH3 is 1. The fraction of sp³-hybridized carbons (Fsp3) is 0.412. The summed E-state index contributed by atoms with van der Waals surface area (Å²) in [5, 5.41) is 0. The summed E-state index contributed by atoms with van der Waals surface area (Å²) >= 11 is 0. The maximum Gasteiger partial charge on any atom is 0.409 e. The highest BCUT2D eigenvalue weighted by Crippen LogP contribution is 2.25. The molecule has 3 heterocycles. The predicted molar refractivity (Wildman–Crippen MR) is 90.9 cm³/mol. The van der Waals surface area contributed by atoms with Crippen LogP contribution < -0.4 is 4.90 Å². The minimum absolute atomic E-state index is 0.277. The van der Waals surface area contributed by atoms with Crippen LogP contribution in [0.2, 0.25) is 0 Å². The summed E-state index contributed by atoms with van der Waals surface area (Å²) in [5.74, 6) is 1.60. The van der Waals surface area contributed by atoms with Crippen molar-refractivity contribution in [2.45, 2.75) is 13.8 Å². The van der Waals surface area contributed by atoms with Crippen LogP contribution in [0.4, 0.5) is 10.6 Å². The lowest BCUT2D eigenvalue weighted by molar-refractivity contribution is 0.121. The van der Waals surface area contributed by atoms with Crippen LogP contribution in [0, 0.1) is 13.8 Å². The molecule has 1 aliphatic heterocycles. The molecule has 1 aliphatic rings. The maximum absolute atomic E-state index is 11.6. The van der Waals surface area contributed by atoms with Gasteiger partial charge in [-0.05, 0) is 26.0 Å². The largest absolute Gasteiger partial charge is 0.453 e. The maximum atomic E-state index is 11.6. The summed E-state index contributed by atoms with van der Waals surface area (Å²) in [4.78, 5) is 29.0. The quantitative estimate of drug-likeness (QED) is 0.840. The van der Waals surface area contributed by atoms with E-state index in [1.54, 1.807) is 17.3 Å². The zero-order chi connectivity index (χ0) is 17.1. The zero-order valence-electron chi connectivity index (χ0n) is 14.2. The van der Waals surface area contributed by atoms with Crippen LogP contribution in [0.5, 0.6) is 0 Å². The Labute approximate surface area is 141 Å². The Morgan fingerprint density at radius 3 is 2.54 bits per heavy atom. The Bertz CT molecular complexity index is 727. The number of carbonyl (C=O) groups is 1. The third kappa shape index (κ3) is 3.15. The van der Waals surface area contributed by atoms with Crippen molar-refractivity contribution >= 4 is 11.9 Å². The molecule has 0 N–H and O–H groups in total. The number of hydrogen-bond donors (Lipinski definition) is 0. The van der Waals surface area contributed by atoms with Crippen molar-refractivity contribution in [2.75, 3.05) is 38.2 Å². The number of amides is 1. The monoisotopic (exact) mass is 327 g/mol. The minimum atomic E-state index is -0.277. The fourth-order valence-electron chi connectivity index (χ4n) is 2.78. The molecule has 0 bridgehead atoms. The van der Waals surface area contributed by atoms with Gasteiger partial charge in [0, 0.05) is 55.4 Å². The summed E-state index contributed by atoms with van der Waals surface area (Å²) in [6.07, 6.45) is 3.22. The number of piperazine rings is 1. The molecule has 2 aromatic rings. The topological polar surface area (TPSA) is 71.5 Å². The number of hydrogen-bond acceptors (Lipinski definition) is 6. The molecule has 0 saturated carbocycles. The van der Waals surface area contributed by atoms with Crippen LogP contribution in [0.25, 0.3) is 11.4 Å². The molecule has 24 heavy (non-hydrogen) atoms. The van der Waals surface area contributed by atoms with Crippen molar-refractivity contribution in [3.63, 3.8) is 0 Å². The Kier molecular flexibility index (Phi) is 4.59. The van der Waals surface area contributed by atoms with Gasteiger partial charge >= 0.3 is 6.09 Å². The van der Waals surface area contributed by atoms with Gasteiger partial charge in [-0.1, -0.05) is 0 Å². The Morgan fingerprint density at radius 1 is 1.17 bits per heavy atom. The first-order chi connectivity index (χ1) is 11.6. The average molecular weight is 327 g/mol. The first-order valence-corrected chi connectivity index (χ1v) is 7.93. The van der Waals surface area contributed by atoms with Crippen LogP contribution in [-0.2, 0) is 4.74 Å². The van der Waals surface area contributed by atoms with Crippen molar-refractivity contribution in [1.29, 1.82) is 0 Å². The van der Waals surface area contributed by atoms with Gasteiger partial charge in [0.05, 0.1) is 7.11 Å². The van der Waals surface area contributed by atoms with Gasteiger partial charge in [-0.3, -0.25) is 4.98 Å². The van der Waals surface area contributed by atoms with E-state index >= 15 is 0 Å². The summed E-state index contributed by atoms with van der Waals surface area (Å²) in [7, 11) is 1.41. The van der Waals surface area contributed by atoms with Crippen LogP contribution in [0.3, 0.4) is 0 Å². The van der Waals surface area contributed by atoms with E-state index in [-0.39, 0.29) is 6.09 Å². The van der Waals surface area contributed by atoms with Gasteiger partial charge in [0.2, 0.25) is 0 Å². The zero-order valence-corrected chi connectivity index (χ0v) is 14.2. The summed E-state index contributed by atoms with van der Waals surface area (Å²) in [5.41, 5.74) is 2.92. The van der Waals surface area contributed by atoms with E-state index in [1.165, 1.54) is 7.11 Å². The molecule has 7 heteroatoms. The molecular formula is C17H21N5O2. The molecule has 0 aromatic carbocycles. The van der Waals surface area contributed by atoms with Gasteiger partial charge in [-0.2, -0.15) is 0 Å². The van der Waals surface area contributed by atoms with E-state index < -0.39 is 0 Å². The SMILES string of the molecule is COC(=O)N1CCN(c2nc(-c3cccnc3)nc(C)c2C)CC1. The average Bonchev–Trinajstić information content (AvgIpc) is 2.64. The van der Waals surface area contributed by atoms with Gasteiger partial charge in [0.1, 0.15) is 5.82 Å². The molecule has 2 aromatic heterocycles. The molecule has 0 radical (unpaired) electrons. The molecular weight excluding hydrogens is 306 g/mol. The fourth-order valence-corrected chi connectivity index (χ4v) is 2.78.